The van der Waals surface area contributed by atoms with Crippen LogP contribution in [0.2, 0.25) is 0 Å². The molecule has 4 heteroatoms. The summed E-state index contributed by atoms with van der Waals surface area (Å²) in [5.74, 6) is -1.09. The van der Waals surface area contributed by atoms with Crippen molar-refractivity contribution >= 4 is 11.8 Å². The molecule has 0 aromatic heterocycles. The van der Waals surface area contributed by atoms with Gasteiger partial charge in [0.15, 0.2) is 0 Å². The number of ether oxygens (including phenoxy) is 1. The summed E-state index contributed by atoms with van der Waals surface area (Å²) < 4.78 is 5.42. The number of carbonyl (C=O) groups is 2. The molecule has 4 atom stereocenters. The summed E-state index contributed by atoms with van der Waals surface area (Å²) in [6.45, 7) is 9.46. The van der Waals surface area contributed by atoms with E-state index in [-0.39, 0.29) is 11.7 Å². The summed E-state index contributed by atoms with van der Waals surface area (Å²) in [7, 11) is 0. The minimum absolute atomic E-state index is 0.00991. The maximum Gasteiger partial charge on any atom is 0.334 e. The summed E-state index contributed by atoms with van der Waals surface area (Å²) in [4.78, 5) is 23.9. The van der Waals surface area contributed by atoms with Crippen LogP contribution in [0.3, 0.4) is 0 Å². The highest BCUT2D eigenvalue weighted by molar-refractivity contribution is 5.91. The highest BCUT2D eigenvalue weighted by Crippen LogP contribution is 2.35. The van der Waals surface area contributed by atoms with E-state index < -0.39 is 24.1 Å². The predicted octanol–water partition coefficient (Wildman–Crippen LogP) is 3.51. The van der Waals surface area contributed by atoms with Gasteiger partial charge in [-0.05, 0) is 59.0 Å². The lowest BCUT2D eigenvalue weighted by Crippen LogP contribution is -2.31. The van der Waals surface area contributed by atoms with Crippen LogP contribution in [0.5, 0.6) is 0 Å². The lowest BCUT2D eigenvalue weighted by molar-refractivity contribution is -0.137. The van der Waals surface area contributed by atoms with Crippen molar-refractivity contribution in [1.82, 2.24) is 0 Å². The average Bonchev–Trinajstić information content (AvgIpc) is 2.74. The van der Waals surface area contributed by atoms with Crippen LogP contribution >= 0.6 is 0 Å². The normalized spacial score (nSPS) is 36.8. The van der Waals surface area contributed by atoms with Gasteiger partial charge in [-0.1, -0.05) is 23.8 Å². The molecule has 24 heavy (non-hydrogen) atoms. The molecule has 0 amide bonds. The molecule has 2 aliphatic rings. The first-order chi connectivity index (χ1) is 11.3. The molecule has 0 saturated carbocycles. The molecule has 0 radical (unpaired) electrons. The van der Waals surface area contributed by atoms with Crippen molar-refractivity contribution in [3.63, 3.8) is 0 Å². The smallest absolute Gasteiger partial charge is 0.334 e. The molecule has 4 nitrogen and oxygen atoms in total. The van der Waals surface area contributed by atoms with Gasteiger partial charge >= 0.3 is 5.97 Å². The molecule has 0 bridgehead atoms. The molecule has 0 aromatic rings. The zero-order chi connectivity index (χ0) is 17.9. The average molecular weight is 332 g/mol. The molecule has 0 spiro atoms. The van der Waals surface area contributed by atoms with Gasteiger partial charge < -0.3 is 9.84 Å². The van der Waals surface area contributed by atoms with Crippen LogP contribution in [0.15, 0.2) is 35.5 Å². The molecule has 0 aromatic carbocycles. The van der Waals surface area contributed by atoms with E-state index >= 15 is 0 Å². The largest absolute Gasteiger partial charge is 0.454 e. The van der Waals surface area contributed by atoms with E-state index in [0.29, 0.717) is 18.4 Å². The van der Waals surface area contributed by atoms with E-state index in [1.807, 2.05) is 13.0 Å². The molecule has 1 aliphatic heterocycles. The maximum atomic E-state index is 12.0. The zero-order valence-corrected chi connectivity index (χ0v) is 14.9. The van der Waals surface area contributed by atoms with E-state index in [2.05, 4.69) is 19.6 Å². The van der Waals surface area contributed by atoms with Crippen molar-refractivity contribution in [3.05, 3.63) is 35.5 Å². The van der Waals surface area contributed by atoms with E-state index in [4.69, 9.17) is 4.74 Å². The van der Waals surface area contributed by atoms with Crippen LogP contribution in [0.25, 0.3) is 0 Å². The Hall–Kier alpha value is -1.68. The quantitative estimate of drug-likeness (QED) is 0.453. The predicted molar refractivity (Wildman–Crippen MR) is 93.3 cm³/mol. The van der Waals surface area contributed by atoms with Gasteiger partial charge in [0.05, 0.1) is 6.10 Å². The van der Waals surface area contributed by atoms with Crippen LogP contribution in [0.4, 0.5) is 0 Å². The standard InChI is InChI=1S/C20H28O4/c1-12-6-5-7-13(2)10-19-17(14(3)20(23)24-19)11-18(22)16(9-8-12)15(4)21/h6,10,16-19,22H,3,5,7-9,11H2,1-2,4H3/b12-6+,13-10+/t16-,17-,18-,19-/m1/s1. The lowest BCUT2D eigenvalue weighted by Gasteiger charge is -2.24. The summed E-state index contributed by atoms with van der Waals surface area (Å²) >= 11 is 0. The highest BCUT2D eigenvalue weighted by Gasteiger charge is 2.40. The number of hydrogen-bond donors (Lipinski definition) is 1. The van der Waals surface area contributed by atoms with Gasteiger partial charge in [-0.2, -0.15) is 0 Å². The minimum Gasteiger partial charge on any atom is -0.454 e. The Balaban J connectivity index is 2.30. The first-order valence-electron chi connectivity index (χ1n) is 8.70. The molecule has 1 fully saturated rings. The summed E-state index contributed by atoms with van der Waals surface area (Å²) in [6.07, 6.45) is 6.57. The van der Waals surface area contributed by atoms with Gasteiger partial charge in [0.1, 0.15) is 11.9 Å². The second kappa shape index (κ2) is 7.93. The third-order valence-electron chi connectivity index (χ3n) is 5.16. The van der Waals surface area contributed by atoms with Gasteiger partial charge in [0.25, 0.3) is 0 Å². The third-order valence-corrected chi connectivity index (χ3v) is 5.16. The molecule has 2 rings (SSSR count). The number of rotatable bonds is 1. The number of aliphatic hydroxyl groups excluding tert-OH is 1. The lowest BCUT2D eigenvalue weighted by atomic mass is 9.82. The fourth-order valence-electron chi connectivity index (χ4n) is 3.54. The van der Waals surface area contributed by atoms with Crippen LogP contribution in [0.1, 0.15) is 52.9 Å². The topological polar surface area (TPSA) is 63.6 Å². The molecule has 1 heterocycles. The first-order valence-corrected chi connectivity index (χ1v) is 8.70. The van der Waals surface area contributed by atoms with Gasteiger partial charge in [-0.15, -0.1) is 0 Å². The third kappa shape index (κ3) is 4.44. The van der Waals surface area contributed by atoms with Crippen molar-refractivity contribution in [2.45, 2.75) is 65.1 Å². The monoisotopic (exact) mass is 332 g/mol. The van der Waals surface area contributed by atoms with E-state index in [1.54, 1.807) is 0 Å². The Bertz CT molecular complexity index is 584. The van der Waals surface area contributed by atoms with Gasteiger partial charge in [0.2, 0.25) is 0 Å². The van der Waals surface area contributed by atoms with Crippen LogP contribution in [0, 0.1) is 11.8 Å². The number of carbonyl (C=O) groups excluding carboxylic acids is 2. The minimum atomic E-state index is -0.788. The number of ketones is 1. The zero-order valence-electron chi connectivity index (χ0n) is 14.9. The fraction of sp³-hybridized carbons (Fsp3) is 0.600. The van der Waals surface area contributed by atoms with Crippen LogP contribution < -0.4 is 0 Å². The van der Waals surface area contributed by atoms with Crippen molar-refractivity contribution in [2.75, 3.05) is 0 Å². The molecule has 1 saturated heterocycles. The Morgan fingerprint density at radius 1 is 1.29 bits per heavy atom. The van der Waals surface area contributed by atoms with Crippen molar-refractivity contribution in [3.8, 4) is 0 Å². The van der Waals surface area contributed by atoms with Crippen molar-refractivity contribution < 1.29 is 19.4 Å². The second-order valence-corrected chi connectivity index (χ2v) is 7.16. The van der Waals surface area contributed by atoms with Crippen LogP contribution in [-0.4, -0.2) is 29.1 Å². The van der Waals surface area contributed by atoms with Crippen molar-refractivity contribution in [1.29, 1.82) is 0 Å². The Labute approximate surface area is 144 Å². The van der Waals surface area contributed by atoms with E-state index in [1.165, 1.54) is 12.5 Å². The molecule has 0 unspecified atom stereocenters. The number of hydrogen-bond acceptors (Lipinski definition) is 4. The second-order valence-electron chi connectivity index (χ2n) is 7.16. The number of fused-ring (bicyclic) bond motifs is 1. The van der Waals surface area contributed by atoms with Gasteiger partial charge in [0, 0.05) is 17.4 Å². The number of aliphatic hydroxyl groups is 1. The maximum absolute atomic E-state index is 12.0. The van der Waals surface area contributed by atoms with E-state index in [9.17, 15) is 14.7 Å². The molecule has 1 aliphatic carbocycles. The van der Waals surface area contributed by atoms with Gasteiger partial charge in [-0.25, -0.2) is 4.79 Å². The molecule has 132 valence electrons. The molecule has 1 N–H and O–H groups in total. The summed E-state index contributed by atoms with van der Waals surface area (Å²) in [5.41, 5.74) is 2.81. The fourth-order valence-corrected chi connectivity index (χ4v) is 3.54. The molecular weight excluding hydrogens is 304 g/mol. The number of Topliss-reactive ketones (excluding diaryl/α,β-unsaturated/α-hetero) is 1. The summed E-state index contributed by atoms with van der Waals surface area (Å²) in [5, 5.41) is 10.6. The van der Waals surface area contributed by atoms with Crippen LogP contribution in [-0.2, 0) is 14.3 Å². The summed E-state index contributed by atoms with van der Waals surface area (Å²) in [6, 6.07) is 0. The Morgan fingerprint density at radius 2 is 2.00 bits per heavy atom. The first kappa shape index (κ1) is 18.7. The van der Waals surface area contributed by atoms with E-state index in [0.717, 1.165) is 24.8 Å². The Kier molecular flexibility index (Phi) is 6.16. The molecular formula is C20H28O4. The SMILES string of the molecule is C=C1C(=O)O[C@@H]2/C=C(\C)CC/C=C(\C)CC[C@H](C(C)=O)[C@H](O)C[C@H]12. The number of esters is 1. The highest BCUT2D eigenvalue weighted by atomic mass is 16.6. The Morgan fingerprint density at radius 3 is 2.67 bits per heavy atom. The van der Waals surface area contributed by atoms with Gasteiger partial charge in [-0.3, -0.25) is 4.79 Å². The number of allylic oxidation sites excluding steroid dienone is 3. The van der Waals surface area contributed by atoms with Crippen molar-refractivity contribution in [2.24, 2.45) is 11.8 Å².